The number of H-pyrrole nitrogens is 1. The second-order valence-corrected chi connectivity index (χ2v) is 9.05. The van der Waals surface area contributed by atoms with E-state index in [-0.39, 0.29) is 21.8 Å². The smallest absolute Gasteiger partial charge is 0.337 e. The summed E-state index contributed by atoms with van der Waals surface area (Å²) in [5.74, 6) is -7.36. The van der Waals surface area contributed by atoms with Gasteiger partial charge >= 0.3 is 18.3 Å². The van der Waals surface area contributed by atoms with E-state index in [1.807, 2.05) is 6.07 Å². The Balaban J connectivity index is 1.69. The van der Waals surface area contributed by atoms with Crippen molar-refractivity contribution in [2.45, 2.75) is 43.1 Å². The van der Waals surface area contributed by atoms with Gasteiger partial charge in [0.25, 0.3) is 0 Å². The van der Waals surface area contributed by atoms with E-state index in [0.717, 1.165) is 13.1 Å². The molecule has 2 aromatic rings. The second-order valence-electron chi connectivity index (χ2n) is 8.62. The van der Waals surface area contributed by atoms with Gasteiger partial charge in [-0.15, -0.1) is 0 Å². The Morgan fingerprint density at radius 3 is 2.41 bits per heavy atom. The van der Waals surface area contributed by atoms with Gasteiger partial charge in [0.1, 0.15) is 22.5 Å². The van der Waals surface area contributed by atoms with E-state index in [0.29, 0.717) is 18.4 Å². The first kappa shape index (κ1) is 26.6. The first-order chi connectivity index (χ1) is 17.0. The quantitative estimate of drug-likeness (QED) is 0.498. The maximum absolute atomic E-state index is 13.9. The van der Waals surface area contributed by atoms with E-state index in [2.05, 4.69) is 20.6 Å². The molecule has 0 bridgehead atoms. The van der Waals surface area contributed by atoms with Crippen LogP contribution in [0, 0.1) is 17.2 Å². The number of aromatic amines is 1. The number of aromatic nitrogens is 4. The van der Waals surface area contributed by atoms with Crippen molar-refractivity contribution in [1.82, 2.24) is 25.3 Å². The topological polar surface area (TPSA) is 99.4 Å². The maximum atomic E-state index is 13.9. The average molecular weight is 555 g/mol. The van der Waals surface area contributed by atoms with Gasteiger partial charge in [0, 0.05) is 12.1 Å². The van der Waals surface area contributed by atoms with Crippen molar-refractivity contribution in [3.05, 3.63) is 40.2 Å². The van der Waals surface area contributed by atoms with Gasteiger partial charge in [0.15, 0.2) is 5.69 Å². The SMILES string of the molecule is Cn1nc(C(F)(F)C(F)(F)F)c(C(F)(F)F)c1-c1cc(C2=CC=C(Cl)C(C(=O)NC3(C#N)CC3)C2)[nH]n1. The fraction of sp³-hybridized carbons (Fsp3) is 0.429. The van der Waals surface area contributed by atoms with E-state index >= 15 is 0 Å². The highest BCUT2D eigenvalue weighted by atomic mass is 35.5. The fourth-order valence-electron chi connectivity index (χ4n) is 3.86. The molecule has 1 unspecified atom stereocenters. The van der Waals surface area contributed by atoms with Crippen LogP contribution in [0.15, 0.2) is 23.3 Å². The molecule has 0 spiro atoms. The van der Waals surface area contributed by atoms with Gasteiger partial charge in [-0.25, -0.2) is 0 Å². The van der Waals surface area contributed by atoms with Crippen LogP contribution in [-0.2, 0) is 23.9 Å². The van der Waals surface area contributed by atoms with Gasteiger partial charge in [-0.05, 0) is 37.0 Å². The summed E-state index contributed by atoms with van der Waals surface area (Å²) >= 11 is 6.15. The van der Waals surface area contributed by atoms with Crippen LogP contribution < -0.4 is 5.32 Å². The maximum Gasteiger partial charge on any atom is 0.459 e. The van der Waals surface area contributed by atoms with E-state index < -0.39 is 58.3 Å². The molecule has 0 aliphatic heterocycles. The molecule has 16 heteroatoms. The largest absolute Gasteiger partial charge is 0.459 e. The number of amides is 1. The summed E-state index contributed by atoms with van der Waals surface area (Å²) < 4.78 is 108. The third-order valence-electron chi connectivity index (χ3n) is 5.99. The highest BCUT2D eigenvalue weighted by Crippen LogP contribution is 2.50. The lowest BCUT2D eigenvalue weighted by Crippen LogP contribution is -2.40. The van der Waals surface area contributed by atoms with Crippen molar-refractivity contribution in [1.29, 1.82) is 5.26 Å². The van der Waals surface area contributed by atoms with Crippen molar-refractivity contribution in [2.24, 2.45) is 13.0 Å². The normalized spacial score (nSPS) is 19.6. The van der Waals surface area contributed by atoms with E-state index in [9.17, 15) is 45.2 Å². The monoisotopic (exact) mass is 554 g/mol. The van der Waals surface area contributed by atoms with Gasteiger partial charge in [0.2, 0.25) is 5.91 Å². The van der Waals surface area contributed by atoms with Crippen molar-refractivity contribution in [3.8, 4) is 17.5 Å². The summed E-state index contributed by atoms with van der Waals surface area (Å²) in [6.45, 7) is 0. The second kappa shape index (κ2) is 8.57. The molecule has 1 fully saturated rings. The Labute approximate surface area is 207 Å². The van der Waals surface area contributed by atoms with E-state index in [1.165, 1.54) is 12.2 Å². The summed E-state index contributed by atoms with van der Waals surface area (Å²) in [6, 6.07) is 3.00. The molecular weight excluding hydrogens is 540 g/mol. The third kappa shape index (κ3) is 4.70. The molecule has 198 valence electrons. The number of allylic oxidation sites excluding steroid dienone is 3. The Kier molecular flexibility index (Phi) is 6.17. The van der Waals surface area contributed by atoms with Crippen molar-refractivity contribution < 1.29 is 39.9 Å². The van der Waals surface area contributed by atoms with Crippen molar-refractivity contribution in [3.63, 3.8) is 0 Å². The Morgan fingerprint density at radius 2 is 1.86 bits per heavy atom. The number of carbonyl (C=O) groups excluding carboxylic acids is 1. The number of rotatable bonds is 5. The van der Waals surface area contributed by atoms with Crippen LogP contribution in [0.5, 0.6) is 0 Å². The number of hydrogen-bond donors (Lipinski definition) is 2. The molecule has 37 heavy (non-hydrogen) atoms. The van der Waals surface area contributed by atoms with Crippen molar-refractivity contribution >= 4 is 23.1 Å². The Bertz CT molecular complexity index is 1360. The lowest BCUT2D eigenvalue weighted by Gasteiger charge is -2.22. The van der Waals surface area contributed by atoms with E-state index in [1.54, 1.807) is 0 Å². The summed E-state index contributed by atoms with van der Waals surface area (Å²) in [4.78, 5) is 12.7. The van der Waals surface area contributed by atoms with Crippen LogP contribution in [0.1, 0.15) is 36.2 Å². The van der Waals surface area contributed by atoms with Crippen LogP contribution >= 0.6 is 11.6 Å². The van der Waals surface area contributed by atoms with E-state index in [4.69, 9.17) is 11.6 Å². The number of nitrogens with zero attached hydrogens (tertiary/aromatic N) is 4. The fourth-order valence-corrected chi connectivity index (χ4v) is 4.10. The number of halogens is 9. The number of hydrogen-bond acceptors (Lipinski definition) is 4. The van der Waals surface area contributed by atoms with Crippen molar-refractivity contribution in [2.75, 3.05) is 0 Å². The molecule has 1 saturated carbocycles. The Hall–Kier alpha value is -3.41. The minimum atomic E-state index is -6.33. The van der Waals surface area contributed by atoms with Crippen LogP contribution in [0.4, 0.5) is 35.1 Å². The van der Waals surface area contributed by atoms with Gasteiger partial charge in [-0.1, -0.05) is 17.7 Å². The first-order valence-electron chi connectivity index (χ1n) is 10.5. The standard InChI is InChI=1S/C21H15ClF8N6O/c1-36-15(14(20(25,26)27)16(35-36)19(23,24)21(28,29)30)13-7-12(33-34-13)9-2-3-11(22)10(6-9)17(37)32-18(8-31)4-5-18/h2-3,7,10H,4-6H2,1H3,(H,32,37)(H,33,34). The van der Waals surface area contributed by atoms with Gasteiger partial charge in [0.05, 0.1) is 17.7 Å². The molecule has 2 aromatic heterocycles. The van der Waals surface area contributed by atoms with Crippen LogP contribution in [0.3, 0.4) is 0 Å². The number of carbonyl (C=O) groups is 1. The summed E-state index contributed by atoms with van der Waals surface area (Å²) in [6.07, 6.45) is -8.26. The Morgan fingerprint density at radius 1 is 1.22 bits per heavy atom. The summed E-state index contributed by atoms with van der Waals surface area (Å²) in [5, 5.41) is 20.9. The molecule has 1 amide bonds. The number of aryl methyl sites for hydroxylation is 1. The third-order valence-corrected chi connectivity index (χ3v) is 6.38. The zero-order chi connectivity index (χ0) is 27.6. The van der Waals surface area contributed by atoms with Crippen LogP contribution in [0.25, 0.3) is 17.0 Å². The molecule has 0 saturated heterocycles. The molecule has 2 aliphatic carbocycles. The average Bonchev–Trinajstić information content (AvgIpc) is 3.21. The minimum Gasteiger partial charge on any atom is -0.337 e. The number of nitriles is 1. The predicted molar refractivity (Wildman–Crippen MR) is 111 cm³/mol. The van der Waals surface area contributed by atoms with Crippen LogP contribution in [-0.4, -0.2) is 37.6 Å². The molecule has 0 aromatic carbocycles. The molecule has 0 radical (unpaired) electrons. The van der Waals surface area contributed by atoms with Crippen LogP contribution in [0.2, 0.25) is 0 Å². The molecule has 2 aliphatic rings. The molecule has 2 N–H and O–H groups in total. The lowest BCUT2D eigenvalue weighted by molar-refractivity contribution is -0.292. The van der Waals surface area contributed by atoms with Gasteiger partial charge in [-0.2, -0.15) is 50.6 Å². The zero-order valence-electron chi connectivity index (χ0n) is 18.5. The summed E-state index contributed by atoms with van der Waals surface area (Å²) in [7, 11) is 0.778. The molecule has 1 atom stereocenters. The predicted octanol–water partition coefficient (Wildman–Crippen LogP) is 5.18. The molecule has 4 rings (SSSR count). The number of alkyl halides is 8. The molecular formula is C21H15ClF8N6O. The zero-order valence-corrected chi connectivity index (χ0v) is 19.3. The lowest BCUT2D eigenvalue weighted by atomic mass is 9.91. The molecule has 2 heterocycles. The highest BCUT2D eigenvalue weighted by molar-refractivity contribution is 6.31. The molecule has 7 nitrogen and oxygen atoms in total. The first-order valence-corrected chi connectivity index (χ1v) is 10.8. The number of nitrogens with one attached hydrogen (secondary N) is 2. The highest BCUT2D eigenvalue weighted by Gasteiger charge is 2.64. The minimum absolute atomic E-state index is 0.0563. The van der Waals surface area contributed by atoms with Gasteiger partial charge in [-0.3, -0.25) is 14.6 Å². The summed E-state index contributed by atoms with van der Waals surface area (Å²) in [5.41, 5.74) is -7.07. The van der Waals surface area contributed by atoms with Gasteiger partial charge < -0.3 is 5.32 Å².